The average Bonchev–Trinajstić information content (AvgIpc) is 2.74. The first-order valence-electron chi connectivity index (χ1n) is 5.29. The third kappa shape index (κ3) is 1.85. The molecule has 17 heavy (non-hydrogen) atoms. The van der Waals surface area contributed by atoms with Gasteiger partial charge in [-0.2, -0.15) is 0 Å². The summed E-state index contributed by atoms with van der Waals surface area (Å²) in [4.78, 5) is 8.69. The van der Waals surface area contributed by atoms with Crippen molar-refractivity contribution in [2.45, 2.75) is 6.92 Å². The molecule has 0 unspecified atom stereocenters. The maximum Gasteiger partial charge on any atom is 0.137 e. The molecule has 0 aliphatic heterocycles. The van der Waals surface area contributed by atoms with Gasteiger partial charge in [0.25, 0.3) is 0 Å². The van der Waals surface area contributed by atoms with E-state index in [0.29, 0.717) is 0 Å². The number of hydrogen-bond donors (Lipinski definition) is 0. The molecule has 0 N–H and O–H groups in total. The van der Waals surface area contributed by atoms with E-state index >= 15 is 0 Å². The number of hydrogen-bond acceptors (Lipinski definition) is 2. The van der Waals surface area contributed by atoms with Gasteiger partial charge in [0.05, 0.1) is 5.69 Å². The third-order valence-corrected chi connectivity index (χ3v) is 3.52. The van der Waals surface area contributed by atoms with Crippen molar-refractivity contribution >= 4 is 21.6 Å². The van der Waals surface area contributed by atoms with Crippen LogP contribution in [0.1, 0.15) is 5.56 Å². The number of pyridine rings is 2. The summed E-state index contributed by atoms with van der Waals surface area (Å²) >= 11 is 3.52. The summed E-state index contributed by atoms with van der Waals surface area (Å²) in [5, 5.41) is 0. The molecule has 0 saturated carbocycles. The summed E-state index contributed by atoms with van der Waals surface area (Å²) in [7, 11) is 0. The number of imidazole rings is 1. The largest absolute Gasteiger partial charge is 0.305 e. The van der Waals surface area contributed by atoms with Crippen molar-refractivity contribution in [2.75, 3.05) is 0 Å². The molecule has 3 heterocycles. The van der Waals surface area contributed by atoms with Crippen LogP contribution in [0.2, 0.25) is 0 Å². The van der Waals surface area contributed by atoms with E-state index in [2.05, 4.69) is 38.9 Å². The zero-order chi connectivity index (χ0) is 11.8. The molecule has 0 bridgehead atoms. The van der Waals surface area contributed by atoms with Crippen LogP contribution in [0.5, 0.6) is 0 Å². The van der Waals surface area contributed by atoms with Crippen LogP contribution in [0.4, 0.5) is 0 Å². The van der Waals surface area contributed by atoms with Crippen molar-refractivity contribution in [1.82, 2.24) is 14.4 Å². The van der Waals surface area contributed by atoms with E-state index in [1.807, 2.05) is 35.1 Å². The van der Waals surface area contributed by atoms with Gasteiger partial charge in [-0.3, -0.25) is 4.98 Å². The Morgan fingerprint density at radius 1 is 1.29 bits per heavy atom. The van der Waals surface area contributed by atoms with Crippen LogP contribution in [0.25, 0.3) is 16.9 Å². The van der Waals surface area contributed by atoms with Crippen LogP contribution < -0.4 is 0 Å². The number of halogens is 1. The maximum absolute atomic E-state index is 4.59. The quantitative estimate of drug-likeness (QED) is 0.686. The van der Waals surface area contributed by atoms with Crippen LogP contribution in [0.15, 0.2) is 47.5 Å². The number of aromatic nitrogens is 3. The highest BCUT2D eigenvalue weighted by Gasteiger charge is 2.05. The van der Waals surface area contributed by atoms with Gasteiger partial charge in [-0.05, 0) is 46.6 Å². The van der Waals surface area contributed by atoms with E-state index < -0.39 is 0 Å². The Morgan fingerprint density at radius 3 is 2.94 bits per heavy atom. The van der Waals surface area contributed by atoms with Gasteiger partial charge >= 0.3 is 0 Å². The smallest absolute Gasteiger partial charge is 0.137 e. The first-order valence-corrected chi connectivity index (χ1v) is 6.08. The first-order chi connectivity index (χ1) is 8.24. The Balaban J connectivity index is 2.21. The van der Waals surface area contributed by atoms with E-state index in [1.54, 1.807) is 6.20 Å². The van der Waals surface area contributed by atoms with Crippen molar-refractivity contribution < 1.29 is 0 Å². The lowest BCUT2D eigenvalue weighted by atomic mass is 10.2. The van der Waals surface area contributed by atoms with Gasteiger partial charge in [0.2, 0.25) is 0 Å². The number of nitrogens with zero attached hydrogens (tertiary/aromatic N) is 3. The predicted molar refractivity (Wildman–Crippen MR) is 70.9 cm³/mol. The molecule has 0 aliphatic carbocycles. The van der Waals surface area contributed by atoms with E-state index in [0.717, 1.165) is 21.4 Å². The molecule has 0 aromatic carbocycles. The molecular formula is C13H10BrN3. The summed E-state index contributed by atoms with van der Waals surface area (Å²) in [6, 6.07) is 5.99. The average molecular weight is 288 g/mol. The van der Waals surface area contributed by atoms with Crippen molar-refractivity contribution in [2.24, 2.45) is 0 Å². The fraction of sp³-hybridized carbons (Fsp3) is 0.0769. The Bertz CT molecular complexity index is 635. The molecule has 0 spiro atoms. The van der Waals surface area contributed by atoms with Crippen molar-refractivity contribution in [1.29, 1.82) is 0 Å². The number of aryl methyl sites for hydroxylation is 1. The fourth-order valence-electron chi connectivity index (χ4n) is 1.76. The predicted octanol–water partition coefficient (Wildman–Crippen LogP) is 3.47. The Hall–Kier alpha value is -1.68. The molecule has 84 valence electrons. The molecule has 0 saturated heterocycles. The van der Waals surface area contributed by atoms with Gasteiger partial charge < -0.3 is 4.40 Å². The van der Waals surface area contributed by atoms with Crippen LogP contribution in [0.3, 0.4) is 0 Å². The molecule has 0 aliphatic rings. The molecule has 0 radical (unpaired) electrons. The monoisotopic (exact) mass is 287 g/mol. The molecule has 0 fully saturated rings. The minimum absolute atomic E-state index is 0.940. The van der Waals surface area contributed by atoms with Crippen LogP contribution in [0, 0.1) is 6.92 Å². The fourth-order valence-corrected chi connectivity index (χ4v) is 2.09. The van der Waals surface area contributed by atoms with E-state index in [1.165, 1.54) is 5.56 Å². The Kier molecular flexibility index (Phi) is 2.44. The molecule has 3 aromatic rings. The second kappa shape index (κ2) is 3.96. The third-order valence-electron chi connectivity index (χ3n) is 2.69. The maximum atomic E-state index is 4.59. The summed E-state index contributed by atoms with van der Waals surface area (Å²) in [6.45, 7) is 2.06. The van der Waals surface area contributed by atoms with Gasteiger partial charge in [-0.25, -0.2) is 4.98 Å². The molecule has 3 nitrogen and oxygen atoms in total. The van der Waals surface area contributed by atoms with Gasteiger partial charge in [-0.15, -0.1) is 0 Å². The summed E-state index contributed by atoms with van der Waals surface area (Å²) in [5.74, 6) is 0. The SMILES string of the molecule is Cc1cc2nc(-c3cccnc3)cn2cc1Br. The Morgan fingerprint density at radius 2 is 2.18 bits per heavy atom. The molecule has 3 aromatic heterocycles. The van der Waals surface area contributed by atoms with Gasteiger partial charge in [0.15, 0.2) is 0 Å². The highest BCUT2D eigenvalue weighted by Crippen LogP contribution is 2.22. The van der Waals surface area contributed by atoms with Crippen molar-refractivity contribution in [3.63, 3.8) is 0 Å². The van der Waals surface area contributed by atoms with Crippen LogP contribution in [-0.4, -0.2) is 14.4 Å². The normalized spacial score (nSPS) is 10.9. The second-order valence-electron chi connectivity index (χ2n) is 3.94. The standard InChI is InChI=1S/C13H10BrN3/c1-9-5-13-16-12(8-17(13)7-11(9)14)10-3-2-4-15-6-10/h2-8H,1H3. The topological polar surface area (TPSA) is 30.2 Å². The molecule has 3 rings (SSSR count). The zero-order valence-corrected chi connectivity index (χ0v) is 10.8. The highest BCUT2D eigenvalue weighted by molar-refractivity contribution is 9.10. The van der Waals surface area contributed by atoms with Crippen molar-refractivity contribution in [3.05, 3.63) is 53.0 Å². The second-order valence-corrected chi connectivity index (χ2v) is 4.79. The summed E-state index contributed by atoms with van der Waals surface area (Å²) < 4.78 is 3.10. The molecule has 0 atom stereocenters. The Labute approximate surface area is 107 Å². The number of rotatable bonds is 1. The van der Waals surface area contributed by atoms with Crippen LogP contribution in [-0.2, 0) is 0 Å². The van der Waals surface area contributed by atoms with Crippen molar-refractivity contribution in [3.8, 4) is 11.3 Å². The summed E-state index contributed by atoms with van der Waals surface area (Å²) in [5.41, 5.74) is 4.10. The van der Waals surface area contributed by atoms with E-state index in [4.69, 9.17) is 0 Å². The van der Waals surface area contributed by atoms with Gasteiger partial charge in [0.1, 0.15) is 5.65 Å². The van der Waals surface area contributed by atoms with E-state index in [9.17, 15) is 0 Å². The lowest BCUT2D eigenvalue weighted by Gasteiger charge is -1.98. The highest BCUT2D eigenvalue weighted by atomic mass is 79.9. The lowest BCUT2D eigenvalue weighted by Crippen LogP contribution is -1.85. The van der Waals surface area contributed by atoms with Gasteiger partial charge in [-0.1, -0.05) is 0 Å². The number of fused-ring (bicyclic) bond motifs is 1. The zero-order valence-electron chi connectivity index (χ0n) is 9.26. The first kappa shape index (κ1) is 10.5. The molecule has 0 amide bonds. The minimum atomic E-state index is 0.940. The summed E-state index contributed by atoms with van der Waals surface area (Å²) in [6.07, 6.45) is 7.62. The molecule has 4 heteroatoms. The van der Waals surface area contributed by atoms with Crippen LogP contribution >= 0.6 is 15.9 Å². The molecular weight excluding hydrogens is 278 g/mol. The van der Waals surface area contributed by atoms with Gasteiger partial charge in [0, 0.05) is 34.8 Å². The van der Waals surface area contributed by atoms with E-state index in [-0.39, 0.29) is 0 Å². The lowest BCUT2D eigenvalue weighted by molar-refractivity contribution is 1.16. The minimum Gasteiger partial charge on any atom is -0.305 e.